The minimum Gasteiger partial charge on any atom is -0.454 e. The summed E-state index contributed by atoms with van der Waals surface area (Å²) < 4.78 is 48.6. The number of rotatable bonds is 4. The summed E-state index contributed by atoms with van der Waals surface area (Å²) in [5.74, 6) is 1.99. The van der Waals surface area contributed by atoms with Crippen LogP contribution in [0.25, 0.3) is 0 Å². The Labute approximate surface area is 157 Å². The van der Waals surface area contributed by atoms with E-state index in [-0.39, 0.29) is 12.7 Å². The lowest BCUT2D eigenvalue weighted by atomic mass is 10.2. The Morgan fingerprint density at radius 3 is 2.11 bits per heavy atom. The Morgan fingerprint density at radius 2 is 1.43 bits per heavy atom. The van der Waals surface area contributed by atoms with Crippen molar-refractivity contribution < 1.29 is 22.6 Å². The van der Waals surface area contributed by atoms with Gasteiger partial charge in [0.25, 0.3) is 0 Å². The van der Waals surface area contributed by atoms with Crippen molar-refractivity contribution in [1.82, 2.24) is 9.97 Å². The first-order chi connectivity index (χ1) is 13.4. The second kappa shape index (κ2) is 6.80. The lowest BCUT2D eigenvalue weighted by Gasteiger charge is -2.11. The van der Waals surface area contributed by atoms with E-state index in [9.17, 15) is 13.2 Å². The number of nitrogens with two attached hydrogens (primary N) is 1. The molecule has 2 aromatic carbocycles. The van der Waals surface area contributed by atoms with Crippen LogP contribution in [0, 0.1) is 0 Å². The van der Waals surface area contributed by atoms with Gasteiger partial charge in [0.2, 0.25) is 12.7 Å². The predicted molar refractivity (Wildman–Crippen MR) is 97.0 cm³/mol. The highest BCUT2D eigenvalue weighted by molar-refractivity contribution is 5.66. The van der Waals surface area contributed by atoms with Crippen LogP contribution in [0.1, 0.15) is 5.56 Å². The Kier molecular flexibility index (Phi) is 4.30. The normalized spacial score (nSPS) is 12.7. The molecular formula is C18H14F3N5O2. The number of fused-ring (bicyclic) bond motifs is 1. The van der Waals surface area contributed by atoms with Crippen LogP contribution in [0.5, 0.6) is 11.5 Å². The van der Waals surface area contributed by atoms with Gasteiger partial charge in [0, 0.05) is 23.5 Å². The molecule has 7 nitrogen and oxygen atoms in total. The van der Waals surface area contributed by atoms with E-state index >= 15 is 0 Å². The molecule has 0 fully saturated rings. The second-order valence-electron chi connectivity index (χ2n) is 5.89. The van der Waals surface area contributed by atoms with Crippen LogP contribution in [0.3, 0.4) is 0 Å². The van der Waals surface area contributed by atoms with Crippen LogP contribution in [0.2, 0.25) is 0 Å². The van der Waals surface area contributed by atoms with Gasteiger partial charge in [-0.05, 0) is 36.4 Å². The molecule has 28 heavy (non-hydrogen) atoms. The first-order valence-corrected chi connectivity index (χ1v) is 8.12. The van der Waals surface area contributed by atoms with Gasteiger partial charge in [-0.2, -0.15) is 23.1 Å². The number of nitrogens with one attached hydrogen (secondary N) is 2. The number of alkyl halides is 3. The van der Waals surface area contributed by atoms with E-state index in [1.807, 2.05) is 0 Å². The Hall–Kier alpha value is -3.69. The number of aromatic nitrogens is 2. The van der Waals surface area contributed by atoms with E-state index in [1.54, 1.807) is 24.3 Å². The van der Waals surface area contributed by atoms with Gasteiger partial charge in [-0.1, -0.05) is 0 Å². The summed E-state index contributed by atoms with van der Waals surface area (Å²) in [5, 5.41) is 5.98. The van der Waals surface area contributed by atoms with E-state index in [4.69, 9.17) is 15.2 Å². The lowest BCUT2D eigenvalue weighted by Crippen LogP contribution is -2.05. The molecule has 144 valence electrons. The van der Waals surface area contributed by atoms with Gasteiger partial charge in [-0.15, -0.1) is 0 Å². The maximum Gasteiger partial charge on any atom is 0.416 e. The van der Waals surface area contributed by atoms with Crippen molar-refractivity contribution in [1.29, 1.82) is 0 Å². The van der Waals surface area contributed by atoms with Crippen molar-refractivity contribution in [2.45, 2.75) is 6.18 Å². The van der Waals surface area contributed by atoms with Gasteiger partial charge in [0.15, 0.2) is 11.5 Å². The summed E-state index contributed by atoms with van der Waals surface area (Å²) in [6, 6.07) is 11.5. The fourth-order valence-electron chi connectivity index (χ4n) is 2.61. The molecule has 0 aliphatic carbocycles. The van der Waals surface area contributed by atoms with E-state index in [2.05, 4.69) is 20.6 Å². The standard InChI is InChI=1S/C18H14F3N5O2/c19-18(20,21)10-1-3-11(4-2-10)23-15-8-16(26-17(22)25-15)24-12-5-6-13-14(7-12)28-9-27-13/h1-8H,9H2,(H4,22,23,24,25,26). The maximum atomic E-state index is 12.7. The van der Waals surface area contributed by atoms with E-state index in [0.29, 0.717) is 34.5 Å². The summed E-state index contributed by atoms with van der Waals surface area (Å²) in [7, 11) is 0. The van der Waals surface area contributed by atoms with Crippen molar-refractivity contribution in [2.24, 2.45) is 0 Å². The molecule has 0 spiro atoms. The van der Waals surface area contributed by atoms with Gasteiger partial charge < -0.3 is 25.8 Å². The number of anilines is 5. The van der Waals surface area contributed by atoms with Crippen LogP contribution < -0.4 is 25.8 Å². The Morgan fingerprint density at radius 1 is 0.821 bits per heavy atom. The fraction of sp³-hybridized carbons (Fsp3) is 0.111. The van der Waals surface area contributed by atoms with E-state index < -0.39 is 11.7 Å². The quantitative estimate of drug-likeness (QED) is 0.613. The molecule has 2 heterocycles. The number of hydrogen-bond acceptors (Lipinski definition) is 7. The van der Waals surface area contributed by atoms with Gasteiger partial charge in [0.05, 0.1) is 5.56 Å². The SMILES string of the molecule is Nc1nc(Nc2ccc(C(F)(F)F)cc2)cc(Nc2ccc3c(c2)OCO3)n1. The molecule has 0 saturated carbocycles. The highest BCUT2D eigenvalue weighted by Gasteiger charge is 2.29. The zero-order valence-corrected chi connectivity index (χ0v) is 14.2. The van der Waals surface area contributed by atoms with E-state index in [0.717, 1.165) is 12.1 Å². The molecule has 1 aromatic heterocycles. The number of hydrogen-bond donors (Lipinski definition) is 3. The number of ether oxygens (including phenoxy) is 2. The topological polar surface area (TPSA) is 94.3 Å². The molecule has 3 aromatic rings. The molecule has 4 rings (SSSR count). The zero-order chi connectivity index (χ0) is 19.7. The summed E-state index contributed by atoms with van der Waals surface area (Å²) in [6.45, 7) is 0.167. The fourth-order valence-corrected chi connectivity index (χ4v) is 2.61. The van der Waals surface area contributed by atoms with Crippen LogP contribution in [0.15, 0.2) is 48.5 Å². The van der Waals surface area contributed by atoms with Crippen molar-refractivity contribution in [3.8, 4) is 11.5 Å². The molecule has 1 aliphatic rings. The van der Waals surface area contributed by atoms with Crippen LogP contribution >= 0.6 is 0 Å². The predicted octanol–water partition coefficient (Wildman–Crippen LogP) is 4.29. The third kappa shape index (κ3) is 3.85. The molecular weight excluding hydrogens is 375 g/mol. The average molecular weight is 389 g/mol. The average Bonchev–Trinajstić information content (AvgIpc) is 3.08. The first-order valence-electron chi connectivity index (χ1n) is 8.12. The monoisotopic (exact) mass is 389 g/mol. The smallest absolute Gasteiger partial charge is 0.416 e. The molecule has 0 amide bonds. The van der Waals surface area contributed by atoms with Gasteiger partial charge in [-0.25, -0.2) is 0 Å². The molecule has 0 atom stereocenters. The highest BCUT2D eigenvalue weighted by Crippen LogP contribution is 2.35. The second-order valence-corrected chi connectivity index (χ2v) is 5.89. The minimum absolute atomic E-state index is 0.000144. The van der Waals surface area contributed by atoms with Gasteiger partial charge >= 0.3 is 6.18 Å². The lowest BCUT2D eigenvalue weighted by molar-refractivity contribution is -0.137. The number of halogens is 3. The zero-order valence-electron chi connectivity index (χ0n) is 14.2. The number of nitrogen functional groups attached to an aromatic ring is 1. The number of nitrogens with zero attached hydrogens (tertiary/aromatic N) is 2. The third-order valence-electron chi connectivity index (χ3n) is 3.87. The van der Waals surface area contributed by atoms with Crippen molar-refractivity contribution in [3.63, 3.8) is 0 Å². The first kappa shape index (κ1) is 17.7. The maximum absolute atomic E-state index is 12.7. The summed E-state index contributed by atoms with van der Waals surface area (Å²) in [5.41, 5.74) is 6.14. The Bertz CT molecular complexity index is 1010. The summed E-state index contributed by atoms with van der Waals surface area (Å²) in [6.07, 6.45) is -4.39. The van der Waals surface area contributed by atoms with Gasteiger partial charge in [0.1, 0.15) is 11.6 Å². The molecule has 0 unspecified atom stereocenters. The van der Waals surface area contributed by atoms with Gasteiger partial charge in [-0.3, -0.25) is 0 Å². The van der Waals surface area contributed by atoms with E-state index in [1.165, 1.54) is 12.1 Å². The summed E-state index contributed by atoms with van der Waals surface area (Å²) in [4.78, 5) is 8.15. The van der Waals surface area contributed by atoms with Crippen molar-refractivity contribution in [2.75, 3.05) is 23.2 Å². The van der Waals surface area contributed by atoms with Crippen LogP contribution in [-0.2, 0) is 6.18 Å². The van der Waals surface area contributed by atoms with Crippen LogP contribution in [-0.4, -0.2) is 16.8 Å². The summed E-state index contributed by atoms with van der Waals surface area (Å²) >= 11 is 0. The molecule has 0 radical (unpaired) electrons. The third-order valence-corrected chi connectivity index (χ3v) is 3.87. The molecule has 0 bridgehead atoms. The Balaban J connectivity index is 1.52. The van der Waals surface area contributed by atoms with Crippen molar-refractivity contribution >= 4 is 29.0 Å². The largest absolute Gasteiger partial charge is 0.454 e. The molecule has 10 heteroatoms. The molecule has 0 saturated heterocycles. The highest BCUT2D eigenvalue weighted by atomic mass is 19.4. The van der Waals surface area contributed by atoms with Crippen LogP contribution in [0.4, 0.5) is 42.1 Å². The molecule has 4 N–H and O–H groups in total. The minimum atomic E-state index is -4.39. The molecule has 1 aliphatic heterocycles. The number of benzene rings is 2. The van der Waals surface area contributed by atoms with Crippen molar-refractivity contribution in [3.05, 3.63) is 54.1 Å².